The second kappa shape index (κ2) is 4.95. The second-order valence-electron chi connectivity index (χ2n) is 3.71. The lowest BCUT2D eigenvalue weighted by Crippen LogP contribution is -1.98. The van der Waals surface area contributed by atoms with Crippen LogP contribution in [-0.4, -0.2) is 9.97 Å². The number of nitrogens with zero attached hydrogens (tertiary/aromatic N) is 2. The molecule has 0 aliphatic carbocycles. The van der Waals surface area contributed by atoms with Gasteiger partial charge in [0, 0.05) is 18.3 Å². The van der Waals surface area contributed by atoms with Crippen molar-refractivity contribution >= 4 is 0 Å². The van der Waals surface area contributed by atoms with E-state index < -0.39 is 0 Å². The van der Waals surface area contributed by atoms with E-state index in [1.807, 2.05) is 12.4 Å². The first kappa shape index (κ1) is 10.2. The lowest BCUT2D eigenvalue weighted by Gasteiger charge is -2.03. The summed E-state index contributed by atoms with van der Waals surface area (Å²) in [6.45, 7) is 6.42. The van der Waals surface area contributed by atoms with Crippen LogP contribution in [0.1, 0.15) is 50.9 Å². The molecule has 0 amide bonds. The lowest BCUT2D eigenvalue weighted by atomic mass is 10.1. The summed E-state index contributed by atoms with van der Waals surface area (Å²) in [6, 6.07) is 0. The Labute approximate surface area is 80.4 Å². The Balaban J connectivity index is 2.59. The quantitative estimate of drug-likeness (QED) is 0.708. The molecule has 2 heteroatoms. The summed E-state index contributed by atoms with van der Waals surface area (Å²) in [5.74, 6) is 1.38. The first-order chi connectivity index (χ1) is 6.24. The van der Waals surface area contributed by atoms with E-state index in [2.05, 4.69) is 30.7 Å². The van der Waals surface area contributed by atoms with Crippen LogP contribution >= 0.6 is 0 Å². The number of aromatic nitrogens is 2. The third-order valence-corrected chi connectivity index (χ3v) is 2.06. The first-order valence-electron chi connectivity index (χ1n) is 5.04. The topological polar surface area (TPSA) is 25.8 Å². The SMILES string of the molecule is CCCCc1cnc(C(C)C)nc1. The summed E-state index contributed by atoms with van der Waals surface area (Å²) in [5.41, 5.74) is 1.26. The van der Waals surface area contributed by atoms with E-state index >= 15 is 0 Å². The van der Waals surface area contributed by atoms with Gasteiger partial charge in [-0.05, 0) is 18.4 Å². The third kappa shape index (κ3) is 3.13. The standard InChI is InChI=1S/C11H18N2/c1-4-5-6-10-7-12-11(9(2)3)13-8-10/h7-9H,4-6H2,1-3H3. The summed E-state index contributed by atoms with van der Waals surface area (Å²) in [5, 5.41) is 0. The minimum atomic E-state index is 0.431. The molecule has 1 rings (SSSR count). The summed E-state index contributed by atoms with van der Waals surface area (Å²) in [7, 11) is 0. The maximum atomic E-state index is 4.32. The van der Waals surface area contributed by atoms with Gasteiger partial charge in [0.05, 0.1) is 0 Å². The summed E-state index contributed by atoms with van der Waals surface area (Å²) in [6.07, 6.45) is 7.47. The van der Waals surface area contributed by atoms with E-state index in [4.69, 9.17) is 0 Å². The molecular weight excluding hydrogens is 160 g/mol. The van der Waals surface area contributed by atoms with E-state index in [1.165, 1.54) is 18.4 Å². The van der Waals surface area contributed by atoms with Gasteiger partial charge in [0.25, 0.3) is 0 Å². The van der Waals surface area contributed by atoms with Crippen LogP contribution in [0.3, 0.4) is 0 Å². The molecule has 0 aromatic carbocycles. The minimum Gasteiger partial charge on any atom is -0.241 e. The van der Waals surface area contributed by atoms with Crippen molar-refractivity contribution in [3.63, 3.8) is 0 Å². The van der Waals surface area contributed by atoms with E-state index in [1.54, 1.807) is 0 Å². The van der Waals surface area contributed by atoms with Crippen LogP contribution in [0.5, 0.6) is 0 Å². The highest BCUT2D eigenvalue weighted by Gasteiger charge is 2.01. The fourth-order valence-corrected chi connectivity index (χ4v) is 1.17. The molecule has 1 heterocycles. The molecule has 1 aromatic rings. The van der Waals surface area contributed by atoms with Crippen molar-refractivity contribution in [2.75, 3.05) is 0 Å². The molecule has 0 N–H and O–H groups in total. The minimum absolute atomic E-state index is 0.431. The van der Waals surface area contributed by atoms with Crippen LogP contribution < -0.4 is 0 Å². The Morgan fingerprint density at radius 3 is 2.31 bits per heavy atom. The number of hydrogen-bond acceptors (Lipinski definition) is 2. The van der Waals surface area contributed by atoms with Gasteiger partial charge in [-0.25, -0.2) is 9.97 Å². The summed E-state index contributed by atoms with van der Waals surface area (Å²) >= 11 is 0. The number of hydrogen-bond donors (Lipinski definition) is 0. The molecule has 1 aromatic heterocycles. The van der Waals surface area contributed by atoms with Gasteiger partial charge in [0.2, 0.25) is 0 Å². The zero-order chi connectivity index (χ0) is 9.68. The van der Waals surface area contributed by atoms with Crippen molar-refractivity contribution < 1.29 is 0 Å². The molecule has 13 heavy (non-hydrogen) atoms. The van der Waals surface area contributed by atoms with Crippen molar-refractivity contribution in [2.24, 2.45) is 0 Å². The number of aryl methyl sites for hydroxylation is 1. The summed E-state index contributed by atoms with van der Waals surface area (Å²) in [4.78, 5) is 8.64. The van der Waals surface area contributed by atoms with E-state index in [9.17, 15) is 0 Å². The number of rotatable bonds is 4. The maximum absolute atomic E-state index is 4.32. The molecule has 2 nitrogen and oxygen atoms in total. The van der Waals surface area contributed by atoms with Crippen molar-refractivity contribution in [3.05, 3.63) is 23.8 Å². The normalized spacial score (nSPS) is 10.8. The monoisotopic (exact) mass is 178 g/mol. The Bertz CT molecular complexity index is 239. The molecular formula is C11H18N2. The van der Waals surface area contributed by atoms with Crippen LogP contribution in [-0.2, 0) is 6.42 Å². The van der Waals surface area contributed by atoms with Crippen LogP contribution in [0.25, 0.3) is 0 Å². The molecule has 0 spiro atoms. The second-order valence-corrected chi connectivity index (χ2v) is 3.71. The highest BCUT2D eigenvalue weighted by Crippen LogP contribution is 2.09. The lowest BCUT2D eigenvalue weighted by molar-refractivity contribution is 0.749. The maximum Gasteiger partial charge on any atom is 0.130 e. The average molecular weight is 178 g/mol. The highest BCUT2D eigenvalue weighted by molar-refractivity contribution is 5.06. The number of unbranched alkanes of at least 4 members (excludes halogenated alkanes) is 1. The van der Waals surface area contributed by atoms with Gasteiger partial charge in [-0.15, -0.1) is 0 Å². The Morgan fingerprint density at radius 2 is 1.85 bits per heavy atom. The molecule has 72 valence electrons. The Kier molecular flexibility index (Phi) is 3.87. The van der Waals surface area contributed by atoms with E-state index in [0.29, 0.717) is 5.92 Å². The van der Waals surface area contributed by atoms with Crippen LogP contribution in [0.4, 0.5) is 0 Å². The van der Waals surface area contributed by atoms with Crippen molar-refractivity contribution in [2.45, 2.75) is 46.0 Å². The van der Waals surface area contributed by atoms with Gasteiger partial charge in [-0.2, -0.15) is 0 Å². The predicted molar refractivity (Wildman–Crippen MR) is 54.7 cm³/mol. The molecule has 0 saturated heterocycles. The van der Waals surface area contributed by atoms with Gasteiger partial charge in [0.1, 0.15) is 5.82 Å². The van der Waals surface area contributed by atoms with E-state index in [0.717, 1.165) is 12.2 Å². The molecule has 0 atom stereocenters. The van der Waals surface area contributed by atoms with Gasteiger partial charge in [0.15, 0.2) is 0 Å². The predicted octanol–water partition coefficient (Wildman–Crippen LogP) is 2.94. The molecule has 0 bridgehead atoms. The fraction of sp³-hybridized carbons (Fsp3) is 0.636. The fourth-order valence-electron chi connectivity index (χ4n) is 1.17. The summed E-state index contributed by atoms with van der Waals surface area (Å²) < 4.78 is 0. The zero-order valence-electron chi connectivity index (χ0n) is 8.75. The first-order valence-corrected chi connectivity index (χ1v) is 5.04. The van der Waals surface area contributed by atoms with Crippen molar-refractivity contribution in [3.8, 4) is 0 Å². The zero-order valence-corrected chi connectivity index (χ0v) is 8.75. The third-order valence-electron chi connectivity index (χ3n) is 2.06. The van der Waals surface area contributed by atoms with Gasteiger partial charge >= 0.3 is 0 Å². The molecule has 0 radical (unpaired) electrons. The largest absolute Gasteiger partial charge is 0.241 e. The molecule has 0 saturated carbocycles. The Hall–Kier alpha value is -0.920. The van der Waals surface area contributed by atoms with Crippen LogP contribution in [0, 0.1) is 0 Å². The molecule has 0 aliphatic rings. The van der Waals surface area contributed by atoms with Gasteiger partial charge < -0.3 is 0 Å². The Morgan fingerprint density at radius 1 is 1.23 bits per heavy atom. The molecule has 0 fully saturated rings. The van der Waals surface area contributed by atoms with E-state index in [-0.39, 0.29) is 0 Å². The van der Waals surface area contributed by atoms with Crippen LogP contribution in [0.2, 0.25) is 0 Å². The average Bonchev–Trinajstić information content (AvgIpc) is 2.15. The van der Waals surface area contributed by atoms with Crippen molar-refractivity contribution in [1.29, 1.82) is 0 Å². The van der Waals surface area contributed by atoms with Crippen molar-refractivity contribution in [1.82, 2.24) is 9.97 Å². The molecule has 0 unspecified atom stereocenters. The van der Waals surface area contributed by atoms with Gasteiger partial charge in [-0.3, -0.25) is 0 Å². The van der Waals surface area contributed by atoms with Crippen LogP contribution in [0.15, 0.2) is 12.4 Å². The highest BCUT2D eigenvalue weighted by atomic mass is 14.9. The molecule has 0 aliphatic heterocycles. The van der Waals surface area contributed by atoms with Gasteiger partial charge in [-0.1, -0.05) is 27.2 Å². The smallest absolute Gasteiger partial charge is 0.130 e.